The normalized spacial score (nSPS) is 10.4. The fraction of sp³-hybridized carbons (Fsp3) is 0.429. The lowest BCUT2D eigenvalue weighted by molar-refractivity contribution is 1.47. The molecule has 62 valence electrons. The number of thiophene rings is 1. The van der Waals surface area contributed by atoms with Crippen molar-refractivity contribution in [2.75, 3.05) is 11.6 Å². The van der Waals surface area contributed by atoms with Crippen molar-refractivity contribution >= 4 is 50.6 Å². The van der Waals surface area contributed by atoms with E-state index < -0.39 is 0 Å². The van der Waals surface area contributed by atoms with Crippen LogP contribution in [0.1, 0.15) is 4.88 Å². The highest BCUT2D eigenvalue weighted by Crippen LogP contribution is 2.23. The average Bonchev–Trinajstić information content (AvgIpc) is 2.37. The lowest BCUT2D eigenvalue weighted by Crippen LogP contribution is -1.79. The molecule has 11 heavy (non-hydrogen) atoms. The Morgan fingerprint density at radius 2 is 2.45 bits per heavy atom. The Morgan fingerprint density at radius 1 is 1.64 bits per heavy atom. The molecular weight excluding hydrogens is 264 g/mol. The summed E-state index contributed by atoms with van der Waals surface area (Å²) >= 11 is 12.6. The van der Waals surface area contributed by atoms with Gasteiger partial charge in [-0.05, 0) is 22.0 Å². The average molecular weight is 272 g/mol. The highest BCUT2D eigenvalue weighted by atomic mass is 79.9. The van der Waals surface area contributed by atoms with E-state index >= 15 is 0 Å². The summed E-state index contributed by atoms with van der Waals surface area (Å²) in [7, 11) is 0. The Balaban J connectivity index is 2.27. The van der Waals surface area contributed by atoms with Crippen LogP contribution in [0.4, 0.5) is 0 Å². The predicted octanol–water partition coefficient (Wildman–Crippen LogP) is 3.98. The van der Waals surface area contributed by atoms with Crippen LogP contribution in [0.15, 0.2) is 15.9 Å². The molecule has 4 heteroatoms. The first-order valence-corrected chi connectivity index (χ1v) is 6.55. The molecule has 1 aromatic heterocycles. The molecular formula is C7H8BrClS2. The molecule has 0 amide bonds. The van der Waals surface area contributed by atoms with Gasteiger partial charge in [0, 0.05) is 32.1 Å². The molecule has 0 aliphatic heterocycles. The van der Waals surface area contributed by atoms with Gasteiger partial charge in [0.05, 0.1) is 0 Å². The van der Waals surface area contributed by atoms with Crippen LogP contribution < -0.4 is 0 Å². The van der Waals surface area contributed by atoms with Gasteiger partial charge in [0.1, 0.15) is 0 Å². The molecule has 0 saturated heterocycles. The van der Waals surface area contributed by atoms with Gasteiger partial charge in [0.2, 0.25) is 0 Å². The number of rotatable bonds is 4. The Hall–Kier alpha value is 0.820. The third-order valence-corrected chi connectivity index (χ3v) is 4.39. The van der Waals surface area contributed by atoms with E-state index in [0.717, 1.165) is 17.4 Å². The van der Waals surface area contributed by atoms with Gasteiger partial charge in [-0.15, -0.1) is 22.9 Å². The maximum Gasteiger partial charge on any atom is 0.0314 e. The number of halogens is 2. The van der Waals surface area contributed by atoms with Gasteiger partial charge in [0.25, 0.3) is 0 Å². The Kier molecular flexibility index (Phi) is 4.92. The fourth-order valence-electron chi connectivity index (χ4n) is 0.657. The first-order chi connectivity index (χ1) is 5.33. The van der Waals surface area contributed by atoms with Gasteiger partial charge < -0.3 is 0 Å². The molecule has 0 bridgehead atoms. The van der Waals surface area contributed by atoms with E-state index in [-0.39, 0.29) is 0 Å². The maximum atomic E-state index is 5.55. The monoisotopic (exact) mass is 270 g/mol. The van der Waals surface area contributed by atoms with Crippen LogP contribution in [0.25, 0.3) is 0 Å². The third kappa shape index (κ3) is 3.83. The summed E-state index contributed by atoms with van der Waals surface area (Å²) in [5.41, 5.74) is 0. The van der Waals surface area contributed by atoms with E-state index in [2.05, 4.69) is 27.4 Å². The largest absolute Gasteiger partial charge is 0.155 e. The molecule has 0 atom stereocenters. The first kappa shape index (κ1) is 9.90. The molecule has 0 fully saturated rings. The van der Waals surface area contributed by atoms with Crippen LogP contribution in [0, 0.1) is 0 Å². The molecule has 0 radical (unpaired) electrons. The van der Waals surface area contributed by atoms with Gasteiger partial charge >= 0.3 is 0 Å². The highest BCUT2D eigenvalue weighted by Gasteiger charge is 1.96. The smallest absolute Gasteiger partial charge is 0.0314 e. The van der Waals surface area contributed by atoms with Gasteiger partial charge in [0.15, 0.2) is 0 Å². The second kappa shape index (κ2) is 5.46. The molecule has 1 heterocycles. The van der Waals surface area contributed by atoms with E-state index in [9.17, 15) is 0 Å². The first-order valence-electron chi connectivity index (χ1n) is 3.19. The van der Waals surface area contributed by atoms with Gasteiger partial charge in [-0.25, -0.2) is 0 Å². The van der Waals surface area contributed by atoms with Crippen molar-refractivity contribution < 1.29 is 0 Å². The van der Waals surface area contributed by atoms with Crippen molar-refractivity contribution in [2.45, 2.75) is 5.75 Å². The minimum absolute atomic E-state index is 0.747. The summed E-state index contributed by atoms with van der Waals surface area (Å²) in [5, 5.41) is 2.11. The topological polar surface area (TPSA) is 0 Å². The van der Waals surface area contributed by atoms with Crippen molar-refractivity contribution in [3.8, 4) is 0 Å². The van der Waals surface area contributed by atoms with Gasteiger partial charge in [-0.2, -0.15) is 11.8 Å². The van der Waals surface area contributed by atoms with E-state index in [0.29, 0.717) is 0 Å². The van der Waals surface area contributed by atoms with Crippen molar-refractivity contribution in [2.24, 2.45) is 0 Å². The Bertz CT molecular complexity index is 212. The van der Waals surface area contributed by atoms with Gasteiger partial charge in [-0.1, -0.05) is 0 Å². The van der Waals surface area contributed by atoms with E-state index in [1.165, 1.54) is 9.35 Å². The lowest BCUT2D eigenvalue weighted by atomic mass is 10.5. The Labute approximate surface area is 88.5 Å². The van der Waals surface area contributed by atoms with E-state index in [1.54, 1.807) is 11.3 Å². The molecule has 0 aromatic carbocycles. The summed E-state index contributed by atoms with van der Waals surface area (Å²) in [6, 6.07) is 2.16. The molecule has 0 saturated carbocycles. The molecule has 0 nitrogen and oxygen atoms in total. The number of thioether (sulfide) groups is 1. The standard InChI is InChI=1S/C7H8BrClS2/c8-6-3-7(11-4-6)5-10-2-1-9/h3-4H,1-2,5H2. The number of hydrogen-bond acceptors (Lipinski definition) is 2. The minimum atomic E-state index is 0.747. The van der Waals surface area contributed by atoms with E-state index in [1.807, 2.05) is 11.8 Å². The Morgan fingerprint density at radius 3 is 3.00 bits per heavy atom. The van der Waals surface area contributed by atoms with Crippen LogP contribution in [0.5, 0.6) is 0 Å². The van der Waals surface area contributed by atoms with Crippen LogP contribution in [-0.4, -0.2) is 11.6 Å². The fourth-order valence-corrected chi connectivity index (χ4v) is 3.28. The zero-order valence-electron chi connectivity index (χ0n) is 5.85. The SMILES string of the molecule is ClCCSCc1cc(Br)cs1. The molecule has 0 unspecified atom stereocenters. The second-order valence-electron chi connectivity index (χ2n) is 1.97. The summed E-state index contributed by atoms with van der Waals surface area (Å²) < 4.78 is 1.18. The van der Waals surface area contributed by atoms with E-state index in [4.69, 9.17) is 11.6 Å². The molecule has 1 rings (SSSR count). The summed E-state index contributed by atoms with van der Waals surface area (Å²) in [5.74, 6) is 2.87. The van der Waals surface area contributed by atoms with Crippen LogP contribution >= 0.6 is 50.6 Å². The lowest BCUT2D eigenvalue weighted by Gasteiger charge is -1.93. The molecule has 0 N–H and O–H groups in total. The van der Waals surface area contributed by atoms with Crippen LogP contribution in [0.3, 0.4) is 0 Å². The summed E-state index contributed by atoms with van der Waals surface area (Å²) in [4.78, 5) is 1.41. The highest BCUT2D eigenvalue weighted by molar-refractivity contribution is 9.10. The molecule has 0 spiro atoms. The predicted molar refractivity (Wildman–Crippen MR) is 58.9 cm³/mol. The van der Waals surface area contributed by atoms with Gasteiger partial charge in [-0.3, -0.25) is 0 Å². The third-order valence-electron chi connectivity index (χ3n) is 1.09. The summed E-state index contributed by atoms with van der Waals surface area (Å²) in [6.45, 7) is 0. The minimum Gasteiger partial charge on any atom is -0.155 e. The van der Waals surface area contributed by atoms with Crippen molar-refractivity contribution in [3.63, 3.8) is 0 Å². The quantitative estimate of drug-likeness (QED) is 0.589. The second-order valence-corrected chi connectivity index (χ2v) is 5.37. The molecule has 0 aliphatic carbocycles. The van der Waals surface area contributed by atoms with Crippen molar-refractivity contribution in [1.82, 2.24) is 0 Å². The number of alkyl halides is 1. The van der Waals surface area contributed by atoms with Crippen LogP contribution in [0.2, 0.25) is 0 Å². The van der Waals surface area contributed by atoms with Crippen molar-refractivity contribution in [1.29, 1.82) is 0 Å². The zero-order valence-corrected chi connectivity index (χ0v) is 9.82. The van der Waals surface area contributed by atoms with Crippen molar-refractivity contribution in [3.05, 3.63) is 20.8 Å². The summed E-state index contributed by atoms with van der Waals surface area (Å²) in [6.07, 6.45) is 0. The van der Waals surface area contributed by atoms with Crippen LogP contribution in [-0.2, 0) is 5.75 Å². The zero-order chi connectivity index (χ0) is 8.10. The number of hydrogen-bond donors (Lipinski definition) is 0. The molecule has 1 aromatic rings. The molecule has 0 aliphatic rings. The maximum absolute atomic E-state index is 5.55.